The van der Waals surface area contributed by atoms with E-state index < -0.39 is 0 Å². The van der Waals surface area contributed by atoms with Crippen LogP contribution >= 0.6 is 0 Å². The van der Waals surface area contributed by atoms with E-state index in [1.807, 2.05) is 12.3 Å². The van der Waals surface area contributed by atoms with Crippen molar-refractivity contribution >= 4 is 21.5 Å². The Morgan fingerprint density at radius 2 is 1.38 bits per heavy atom. The fraction of sp³-hybridized carbons (Fsp3) is 0.0500. The van der Waals surface area contributed by atoms with Crippen molar-refractivity contribution in [2.45, 2.75) is 6.92 Å². The second kappa shape index (κ2) is 4.71. The van der Waals surface area contributed by atoms with E-state index in [-0.39, 0.29) is 0 Å². The molecule has 0 saturated carbocycles. The fourth-order valence-corrected chi connectivity index (χ4v) is 3.01. The summed E-state index contributed by atoms with van der Waals surface area (Å²) < 4.78 is 0. The third-order valence-corrected chi connectivity index (χ3v) is 4.07. The van der Waals surface area contributed by atoms with Gasteiger partial charge in [-0.3, -0.25) is 4.98 Å². The first-order valence-corrected chi connectivity index (χ1v) is 7.17. The monoisotopic (exact) mass is 269 g/mol. The Bertz CT molecular complexity index is 940. The van der Waals surface area contributed by atoms with Crippen molar-refractivity contribution in [3.63, 3.8) is 0 Å². The van der Waals surface area contributed by atoms with E-state index in [2.05, 4.69) is 72.6 Å². The molecule has 0 fully saturated rings. The van der Waals surface area contributed by atoms with E-state index in [1.54, 1.807) is 0 Å². The maximum absolute atomic E-state index is 4.61. The number of hydrogen-bond acceptors (Lipinski definition) is 1. The van der Waals surface area contributed by atoms with Gasteiger partial charge in [0.1, 0.15) is 0 Å². The Labute approximate surface area is 123 Å². The van der Waals surface area contributed by atoms with Crippen LogP contribution in [0.1, 0.15) is 5.56 Å². The van der Waals surface area contributed by atoms with Crippen molar-refractivity contribution in [1.82, 2.24) is 4.98 Å². The highest BCUT2D eigenvalue weighted by atomic mass is 14.7. The predicted molar refractivity (Wildman–Crippen MR) is 89.4 cm³/mol. The van der Waals surface area contributed by atoms with Gasteiger partial charge in [0.2, 0.25) is 0 Å². The van der Waals surface area contributed by atoms with Crippen LogP contribution in [-0.2, 0) is 0 Å². The molecular weight excluding hydrogens is 254 g/mol. The molecule has 1 heteroatoms. The molecule has 0 saturated heterocycles. The second-order valence-electron chi connectivity index (χ2n) is 5.36. The van der Waals surface area contributed by atoms with E-state index in [4.69, 9.17) is 0 Å². The Morgan fingerprint density at radius 1 is 0.619 bits per heavy atom. The first-order chi connectivity index (χ1) is 10.3. The van der Waals surface area contributed by atoms with Gasteiger partial charge in [-0.15, -0.1) is 0 Å². The summed E-state index contributed by atoms with van der Waals surface area (Å²) in [6.07, 6.45) is 1.91. The number of hydrogen-bond donors (Lipinski definition) is 0. The zero-order chi connectivity index (χ0) is 14.2. The van der Waals surface area contributed by atoms with Crippen LogP contribution in [-0.4, -0.2) is 4.98 Å². The van der Waals surface area contributed by atoms with Crippen molar-refractivity contribution in [2.75, 3.05) is 0 Å². The van der Waals surface area contributed by atoms with Gasteiger partial charge in [0.25, 0.3) is 0 Å². The molecule has 0 aliphatic heterocycles. The van der Waals surface area contributed by atoms with Crippen molar-refractivity contribution in [3.05, 3.63) is 78.5 Å². The number of nitrogens with zero attached hydrogens (tertiary/aromatic N) is 1. The van der Waals surface area contributed by atoms with Gasteiger partial charge >= 0.3 is 0 Å². The van der Waals surface area contributed by atoms with Gasteiger partial charge in [-0.25, -0.2) is 0 Å². The average molecular weight is 269 g/mol. The number of rotatable bonds is 1. The van der Waals surface area contributed by atoms with Crippen molar-refractivity contribution in [3.8, 4) is 11.3 Å². The predicted octanol–water partition coefficient (Wildman–Crippen LogP) is 5.36. The summed E-state index contributed by atoms with van der Waals surface area (Å²) in [6, 6.07) is 23.4. The molecule has 1 heterocycles. The molecule has 0 bridgehead atoms. The van der Waals surface area contributed by atoms with Gasteiger partial charge in [-0.1, -0.05) is 60.7 Å². The minimum atomic E-state index is 1.05. The highest BCUT2D eigenvalue weighted by molar-refractivity contribution is 6.11. The van der Waals surface area contributed by atoms with Crippen molar-refractivity contribution in [2.24, 2.45) is 0 Å². The van der Waals surface area contributed by atoms with Crippen molar-refractivity contribution in [1.29, 1.82) is 0 Å². The molecule has 4 rings (SSSR count). The lowest BCUT2D eigenvalue weighted by Crippen LogP contribution is -1.87. The number of aryl methyl sites for hydroxylation is 1. The summed E-state index contributed by atoms with van der Waals surface area (Å²) in [5.74, 6) is 0. The van der Waals surface area contributed by atoms with Gasteiger partial charge < -0.3 is 0 Å². The highest BCUT2D eigenvalue weighted by Crippen LogP contribution is 2.32. The summed E-state index contributed by atoms with van der Waals surface area (Å²) in [6.45, 7) is 2.16. The molecule has 1 aromatic heterocycles. The quantitative estimate of drug-likeness (QED) is 0.424. The summed E-state index contributed by atoms with van der Waals surface area (Å²) in [7, 11) is 0. The lowest BCUT2D eigenvalue weighted by molar-refractivity contribution is 1.36. The highest BCUT2D eigenvalue weighted by Gasteiger charge is 2.08. The number of pyridine rings is 1. The normalized spacial score (nSPS) is 11.1. The minimum Gasteiger partial charge on any atom is -0.256 e. The second-order valence-corrected chi connectivity index (χ2v) is 5.36. The topological polar surface area (TPSA) is 12.9 Å². The molecule has 0 aliphatic rings. The average Bonchev–Trinajstić information content (AvgIpc) is 2.55. The third kappa shape index (κ3) is 1.90. The van der Waals surface area contributed by atoms with E-state index in [9.17, 15) is 0 Å². The standard InChI is InChI=1S/C20H15N/c1-14-6-5-9-17-16(14)10-11-19-18(17)12-13-21-20(19)15-7-3-2-4-8-15/h2-13H,1H3. The SMILES string of the molecule is Cc1cccc2c1ccc1c(-c3ccccc3)nccc12. The van der Waals surface area contributed by atoms with Crippen LogP contribution in [0.15, 0.2) is 72.9 Å². The molecule has 100 valence electrons. The molecule has 0 amide bonds. The third-order valence-electron chi connectivity index (χ3n) is 4.07. The van der Waals surface area contributed by atoms with E-state index >= 15 is 0 Å². The summed E-state index contributed by atoms with van der Waals surface area (Å²) in [5, 5.41) is 5.09. The number of fused-ring (bicyclic) bond motifs is 3. The Balaban J connectivity index is 2.12. The summed E-state index contributed by atoms with van der Waals surface area (Å²) >= 11 is 0. The summed E-state index contributed by atoms with van der Waals surface area (Å²) in [5.41, 5.74) is 3.53. The van der Waals surface area contributed by atoms with Crippen LogP contribution in [0, 0.1) is 6.92 Å². The molecule has 4 aromatic rings. The first-order valence-electron chi connectivity index (χ1n) is 7.17. The largest absolute Gasteiger partial charge is 0.256 e. The molecule has 0 N–H and O–H groups in total. The molecule has 0 radical (unpaired) electrons. The molecule has 21 heavy (non-hydrogen) atoms. The molecule has 0 atom stereocenters. The molecule has 1 nitrogen and oxygen atoms in total. The van der Waals surface area contributed by atoms with Gasteiger partial charge in [-0.2, -0.15) is 0 Å². The number of benzene rings is 3. The zero-order valence-corrected chi connectivity index (χ0v) is 11.9. The molecule has 0 unspecified atom stereocenters. The molecule has 0 spiro atoms. The molecular formula is C20H15N. The van der Waals surface area contributed by atoms with Crippen LogP contribution in [0.2, 0.25) is 0 Å². The van der Waals surface area contributed by atoms with Gasteiger partial charge in [0.15, 0.2) is 0 Å². The van der Waals surface area contributed by atoms with E-state index in [1.165, 1.54) is 27.1 Å². The van der Waals surface area contributed by atoms with E-state index in [0.29, 0.717) is 0 Å². The van der Waals surface area contributed by atoms with Gasteiger partial charge in [-0.05, 0) is 34.7 Å². The van der Waals surface area contributed by atoms with Crippen LogP contribution in [0.25, 0.3) is 32.8 Å². The smallest absolute Gasteiger partial charge is 0.0780 e. The number of aromatic nitrogens is 1. The van der Waals surface area contributed by atoms with Crippen LogP contribution in [0.4, 0.5) is 0 Å². The zero-order valence-electron chi connectivity index (χ0n) is 11.9. The van der Waals surface area contributed by atoms with Crippen LogP contribution in [0.5, 0.6) is 0 Å². The maximum atomic E-state index is 4.61. The minimum absolute atomic E-state index is 1.05. The van der Waals surface area contributed by atoms with Crippen LogP contribution < -0.4 is 0 Å². The van der Waals surface area contributed by atoms with Gasteiger partial charge in [0, 0.05) is 17.1 Å². The van der Waals surface area contributed by atoms with Crippen LogP contribution in [0.3, 0.4) is 0 Å². The maximum Gasteiger partial charge on any atom is 0.0780 e. The summed E-state index contributed by atoms with van der Waals surface area (Å²) in [4.78, 5) is 4.61. The Morgan fingerprint density at radius 3 is 2.24 bits per heavy atom. The molecule has 3 aromatic carbocycles. The Kier molecular flexibility index (Phi) is 2.71. The van der Waals surface area contributed by atoms with Gasteiger partial charge in [0.05, 0.1) is 5.69 Å². The lowest BCUT2D eigenvalue weighted by Gasteiger charge is -2.10. The van der Waals surface area contributed by atoms with E-state index in [0.717, 1.165) is 11.3 Å². The van der Waals surface area contributed by atoms with Crippen molar-refractivity contribution < 1.29 is 0 Å². The Hall–Kier alpha value is -2.67. The fourth-order valence-electron chi connectivity index (χ4n) is 3.01. The molecule has 0 aliphatic carbocycles. The first kappa shape index (κ1) is 12.1. The lowest BCUT2D eigenvalue weighted by atomic mass is 9.97.